The summed E-state index contributed by atoms with van der Waals surface area (Å²) in [6.07, 6.45) is -0.657. The highest BCUT2D eigenvalue weighted by Gasteiger charge is 2.18. The molecule has 0 radical (unpaired) electrons. The Morgan fingerprint density at radius 2 is 1.92 bits per heavy atom. The lowest BCUT2D eigenvalue weighted by Crippen LogP contribution is -2.17. The summed E-state index contributed by atoms with van der Waals surface area (Å²) in [5.41, 5.74) is 2.77. The maximum atomic E-state index is 12.4. The molecule has 0 aliphatic heterocycles. The van der Waals surface area contributed by atoms with E-state index in [9.17, 15) is 9.59 Å². The topological polar surface area (TPSA) is 72.0 Å². The summed E-state index contributed by atoms with van der Waals surface area (Å²) in [5, 5.41) is 0.508. The number of aryl methyl sites for hydroxylation is 2. The third kappa shape index (κ3) is 3.06. The van der Waals surface area contributed by atoms with E-state index in [1.807, 2.05) is 32.0 Å². The molecule has 1 N–H and O–H groups in total. The lowest BCUT2D eigenvalue weighted by molar-refractivity contribution is 0.0319. The number of benzene rings is 2. The van der Waals surface area contributed by atoms with E-state index in [0.717, 1.165) is 11.1 Å². The molecule has 0 aliphatic carbocycles. The molecular formula is C19H18N2O3. The molecule has 3 aromatic rings. The largest absolute Gasteiger partial charge is 0.451 e. The highest BCUT2D eigenvalue weighted by atomic mass is 16.5. The summed E-state index contributed by atoms with van der Waals surface area (Å²) >= 11 is 0. The number of fused-ring (bicyclic) bond motifs is 1. The molecule has 0 spiro atoms. The smallest absolute Gasteiger partial charge is 0.339 e. The quantitative estimate of drug-likeness (QED) is 0.750. The van der Waals surface area contributed by atoms with Crippen molar-refractivity contribution >= 4 is 16.9 Å². The van der Waals surface area contributed by atoms with Gasteiger partial charge >= 0.3 is 5.97 Å². The molecule has 3 rings (SSSR count). The average molecular weight is 322 g/mol. The Bertz CT molecular complexity index is 976. The molecule has 1 aromatic heterocycles. The molecule has 0 aliphatic rings. The summed E-state index contributed by atoms with van der Waals surface area (Å²) in [4.78, 5) is 31.6. The standard InChI is InChI=1S/C19H18N2O3/c1-11-8-9-14(12(2)10-11)19(23)24-13(3)17-20-16-7-5-4-6-15(16)18(22)21-17/h4-10,13H,1-3H3,(H,20,21,22)/t13-/m1/s1. The normalized spacial score (nSPS) is 12.1. The van der Waals surface area contributed by atoms with E-state index < -0.39 is 12.1 Å². The lowest BCUT2D eigenvalue weighted by atomic mass is 10.1. The third-order valence-electron chi connectivity index (χ3n) is 3.90. The van der Waals surface area contributed by atoms with Gasteiger partial charge in [0.05, 0.1) is 16.5 Å². The van der Waals surface area contributed by atoms with Crippen LogP contribution >= 0.6 is 0 Å². The predicted octanol–water partition coefficient (Wildman–Crippen LogP) is 3.46. The molecule has 24 heavy (non-hydrogen) atoms. The summed E-state index contributed by atoms with van der Waals surface area (Å²) in [5.74, 6) is -0.104. The minimum atomic E-state index is -0.657. The fourth-order valence-electron chi connectivity index (χ4n) is 2.62. The van der Waals surface area contributed by atoms with E-state index in [2.05, 4.69) is 9.97 Å². The van der Waals surface area contributed by atoms with Crippen LogP contribution in [-0.4, -0.2) is 15.9 Å². The Morgan fingerprint density at radius 3 is 2.67 bits per heavy atom. The fourth-order valence-corrected chi connectivity index (χ4v) is 2.62. The zero-order valence-corrected chi connectivity index (χ0v) is 13.8. The maximum Gasteiger partial charge on any atom is 0.339 e. The van der Waals surface area contributed by atoms with E-state index in [-0.39, 0.29) is 5.56 Å². The molecular weight excluding hydrogens is 304 g/mol. The molecule has 0 saturated heterocycles. The minimum absolute atomic E-state index is 0.245. The minimum Gasteiger partial charge on any atom is -0.451 e. The molecule has 0 fully saturated rings. The lowest BCUT2D eigenvalue weighted by Gasteiger charge is -2.14. The van der Waals surface area contributed by atoms with Crippen LogP contribution in [0.25, 0.3) is 10.9 Å². The Labute approximate surface area is 139 Å². The van der Waals surface area contributed by atoms with Crippen LogP contribution in [0.1, 0.15) is 40.3 Å². The predicted molar refractivity (Wildman–Crippen MR) is 92.1 cm³/mol. The van der Waals surface area contributed by atoms with Gasteiger partial charge in [-0.2, -0.15) is 0 Å². The van der Waals surface area contributed by atoms with Crippen molar-refractivity contribution in [3.8, 4) is 0 Å². The van der Waals surface area contributed by atoms with Gasteiger partial charge in [0.2, 0.25) is 0 Å². The third-order valence-corrected chi connectivity index (χ3v) is 3.90. The number of para-hydroxylation sites is 1. The molecule has 0 amide bonds. The summed E-state index contributed by atoms with van der Waals surface area (Å²) in [7, 11) is 0. The highest BCUT2D eigenvalue weighted by molar-refractivity contribution is 5.91. The van der Waals surface area contributed by atoms with Crippen LogP contribution in [0.5, 0.6) is 0 Å². The van der Waals surface area contributed by atoms with Gasteiger partial charge in [-0.3, -0.25) is 4.79 Å². The first kappa shape index (κ1) is 15.9. The van der Waals surface area contributed by atoms with Crippen molar-refractivity contribution in [2.24, 2.45) is 0 Å². The van der Waals surface area contributed by atoms with Gasteiger partial charge in [-0.05, 0) is 44.5 Å². The summed E-state index contributed by atoms with van der Waals surface area (Å²) < 4.78 is 5.48. The molecule has 1 atom stereocenters. The highest BCUT2D eigenvalue weighted by Crippen LogP contribution is 2.18. The van der Waals surface area contributed by atoms with E-state index >= 15 is 0 Å². The SMILES string of the molecule is Cc1ccc(C(=O)O[C@H](C)c2nc3ccccc3c(=O)[nH]2)c(C)c1. The number of rotatable bonds is 3. The van der Waals surface area contributed by atoms with Crippen LogP contribution in [0, 0.1) is 13.8 Å². The van der Waals surface area contributed by atoms with E-state index in [4.69, 9.17) is 4.74 Å². The molecule has 0 bridgehead atoms. The Hall–Kier alpha value is -2.95. The number of esters is 1. The van der Waals surface area contributed by atoms with Gasteiger partial charge in [-0.25, -0.2) is 9.78 Å². The van der Waals surface area contributed by atoms with Crippen molar-refractivity contribution in [2.75, 3.05) is 0 Å². The summed E-state index contributed by atoms with van der Waals surface area (Å²) in [6.45, 7) is 5.52. The van der Waals surface area contributed by atoms with Crippen LogP contribution in [0.3, 0.4) is 0 Å². The second-order valence-electron chi connectivity index (χ2n) is 5.83. The molecule has 5 nitrogen and oxygen atoms in total. The molecule has 122 valence electrons. The number of nitrogens with one attached hydrogen (secondary N) is 1. The van der Waals surface area contributed by atoms with E-state index in [0.29, 0.717) is 22.3 Å². The fraction of sp³-hybridized carbons (Fsp3) is 0.211. The van der Waals surface area contributed by atoms with Crippen LogP contribution < -0.4 is 5.56 Å². The number of H-pyrrole nitrogens is 1. The number of hydrogen-bond donors (Lipinski definition) is 1. The monoisotopic (exact) mass is 322 g/mol. The number of aromatic nitrogens is 2. The number of carbonyl (C=O) groups excluding carboxylic acids is 1. The van der Waals surface area contributed by atoms with Crippen molar-refractivity contribution < 1.29 is 9.53 Å². The number of carbonyl (C=O) groups is 1. The Morgan fingerprint density at radius 1 is 1.17 bits per heavy atom. The first-order valence-electron chi connectivity index (χ1n) is 7.73. The molecule has 0 unspecified atom stereocenters. The molecule has 2 aromatic carbocycles. The van der Waals surface area contributed by atoms with E-state index in [1.54, 1.807) is 31.2 Å². The average Bonchev–Trinajstić information content (AvgIpc) is 2.54. The van der Waals surface area contributed by atoms with Gasteiger partial charge < -0.3 is 9.72 Å². The first-order chi connectivity index (χ1) is 11.5. The molecule has 1 heterocycles. The maximum absolute atomic E-state index is 12.4. The van der Waals surface area contributed by atoms with Gasteiger partial charge in [0.15, 0.2) is 11.9 Å². The second-order valence-corrected chi connectivity index (χ2v) is 5.83. The number of hydrogen-bond acceptors (Lipinski definition) is 4. The van der Waals surface area contributed by atoms with Crippen molar-refractivity contribution in [3.05, 3.63) is 75.3 Å². The van der Waals surface area contributed by atoms with Gasteiger partial charge in [-0.1, -0.05) is 29.8 Å². The van der Waals surface area contributed by atoms with E-state index in [1.165, 1.54) is 0 Å². The van der Waals surface area contributed by atoms with Gasteiger partial charge in [0.25, 0.3) is 5.56 Å². The van der Waals surface area contributed by atoms with Crippen molar-refractivity contribution in [1.29, 1.82) is 0 Å². The van der Waals surface area contributed by atoms with Gasteiger partial charge in [0, 0.05) is 0 Å². The Kier molecular flexibility index (Phi) is 4.16. The summed E-state index contributed by atoms with van der Waals surface area (Å²) in [6, 6.07) is 12.6. The van der Waals surface area contributed by atoms with Crippen molar-refractivity contribution in [2.45, 2.75) is 26.9 Å². The first-order valence-corrected chi connectivity index (χ1v) is 7.73. The zero-order valence-electron chi connectivity index (χ0n) is 13.8. The zero-order chi connectivity index (χ0) is 17.3. The van der Waals surface area contributed by atoms with Crippen LogP contribution in [-0.2, 0) is 4.74 Å². The van der Waals surface area contributed by atoms with Gasteiger partial charge in [0.1, 0.15) is 0 Å². The second kappa shape index (κ2) is 6.28. The van der Waals surface area contributed by atoms with Crippen LogP contribution in [0.15, 0.2) is 47.3 Å². The van der Waals surface area contributed by atoms with Gasteiger partial charge in [-0.15, -0.1) is 0 Å². The number of nitrogens with zero attached hydrogens (tertiary/aromatic N) is 1. The van der Waals surface area contributed by atoms with Crippen molar-refractivity contribution in [1.82, 2.24) is 9.97 Å². The number of aromatic amines is 1. The number of ether oxygens (including phenoxy) is 1. The van der Waals surface area contributed by atoms with Crippen LogP contribution in [0.4, 0.5) is 0 Å². The Balaban J connectivity index is 1.88. The molecule has 5 heteroatoms. The van der Waals surface area contributed by atoms with Crippen LogP contribution in [0.2, 0.25) is 0 Å². The molecule has 0 saturated carbocycles. The van der Waals surface area contributed by atoms with Crippen molar-refractivity contribution in [3.63, 3.8) is 0 Å².